The molecule has 2 rings (SSSR count). The van der Waals surface area contributed by atoms with E-state index < -0.39 is 0 Å². The van der Waals surface area contributed by atoms with Crippen LogP contribution in [0.4, 0.5) is 0 Å². The van der Waals surface area contributed by atoms with Crippen molar-refractivity contribution in [1.29, 1.82) is 0 Å². The number of hydrogen-bond donors (Lipinski definition) is 1. The molecule has 0 saturated heterocycles. The fraction of sp³-hybridized carbons (Fsp3) is 0.667. The van der Waals surface area contributed by atoms with Crippen LogP contribution in [-0.2, 0) is 25.9 Å². The van der Waals surface area contributed by atoms with Crippen molar-refractivity contribution >= 4 is 0 Å². The SMILES string of the molecule is CCn1c2c(cc(CNC(C)C)c1=O)CCCC2. The molecule has 1 aromatic rings. The van der Waals surface area contributed by atoms with Crippen molar-refractivity contribution < 1.29 is 0 Å². The van der Waals surface area contributed by atoms with E-state index in [1.54, 1.807) is 0 Å². The standard InChI is InChI=1S/C15H24N2O/c1-4-17-14-8-6-5-7-12(14)9-13(15(17)18)10-16-11(2)3/h9,11,16H,4-8,10H2,1-3H3. The first-order valence-electron chi connectivity index (χ1n) is 7.11. The molecule has 100 valence electrons. The van der Waals surface area contributed by atoms with Crippen molar-refractivity contribution in [2.45, 2.75) is 65.6 Å². The highest BCUT2D eigenvalue weighted by Gasteiger charge is 2.16. The first-order valence-corrected chi connectivity index (χ1v) is 7.11. The average Bonchev–Trinajstić information content (AvgIpc) is 2.36. The van der Waals surface area contributed by atoms with Crippen molar-refractivity contribution in [3.63, 3.8) is 0 Å². The van der Waals surface area contributed by atoms with Crippen LogP contribution in [0.1, 0.15) is 50.4 Å². The third-order valence-electron chi connectivity index (χ3n) is 3.69. The molecule has 0 spiro atoms. The second-order valence-electron chi connectivity index (χ2n) is 5.43. The quantitative estimate of drug-likeness (QED) is 0.886. The highest BCUT2D eigenvalue weighted by molar-refractivity contribution is 5.29. The minimum absolute atomic E-state index is 0.200. The van der Waals surface area contributed by atoms with Crippen LogP contribution in [0.2, 0.25) is 0 Å². The summed E-state index contributed by atoms with van der Waals surface area (Å²) in [6.07, 6.45) is 4.67. The van der Waals surface area contributed by atoms with E-state index in [1.807, 2.05) is 4.57 Å². The third-order valence-corrected chi connectivity index (χ3v) is 3.69. The molecule has 3 nitrogen and oxygen atoms in total. The van der Waals surface area contributed by atoms with Gasteiger partial charge in [-0.05, 0) is 44.2 Å². The molecule has 0 aliphatic heterocycles. The lowest BCUT2D eigenvalue weighted by molar-refractivity contribution is 0.559. The summed E-state index contributed by atoms with van der Waals surface area (Å²) in [6, 6.07) is 2.55. The van der Waals surface area contributed by atoms with Crippen LogP contribution in [0.5, 0.6) is 0 Å². The Bertz CT molecular complexity index is 474. The molecule has 0 amide bonds. The van der Waals surface area contributed by atoms with E-state index in [9.17, 15) is 4.79 Å². The maximum absolute atomic E-state index is 12.4. The van der Waals surface area contributed by atoms with Crippen LogP contribution >= 0.6 is 0 Å². The first-order chi connectivity index (χ1) is 8.63. The van der Waals surface area contributed by atoms with Crippen LogP contribution in [0, 0.1) is 0 Å². The van der Waals surface area contributed by atoms with E-state index in [0.717, 1.165) is 24.9 Å². The summed E-state index contributed by atoms with van der Waals surface area (Å²) >= 11 is 0. The highest BCUT2D eigenvalue weighted by Crippen LogP contribution is 2.20. The van der Waals surface area contributed by atoms with Gasteiger partial charge in [-0.3, -0.25) is 4.79 Å². The number of nitrogens with one attached hydrogen (secondary N) is 1. The van der Waals surface area contributed by atoms with Crippen molar-refractivity contribution in [2.75, 3.05) is 0 Å². The Morgan fingerprint density at radius 3 is 2.72 bits per heavy atom. The van der Waals surface area contributed by atoms with Crippen LogP contribution < -0.4 is 10.9 Å². The number of rotatable bonds is 4. The molecule has 0 unspecified atom stereocenters. The second kappa shape index (κ2) is 5.70. The Morgan fingerprint density at radius 2 is 2.06 bits per heavy atom. The van der Waals surface area contributed by atoms with Crippen molar-refractivity contribution in [1.82, 2.24) is 9.88 Å². The van der Waals surface area contributed by atoms with Gasteiger partial charge < -0.3 is 9.88 Å². The van der Waals surface area contributed by atoms with Crippen LogP contribution in [0.25, 0.3) is 0 Å². The minimum atomic E-state index is 0.200. The van der Waals surface area contributed by atoms with E-state index in [0.29, 0.717) is 12.6 Å². The summed E-state index contributed by atoms with van der Waals surface area (Å²) in [6.45, 7) is 7.75. The molecule has 0 bridgehead atoms. The number of hydrogen-bond acceptors (Lipinski definition) is 2. The van der Waals surface area contributed by atoms with Gasteiger partial charge >= 0.3 is 0 Å². The van der Waals surface area contributed by atoms with E-state index >= 15 is 0 Å². The maximum atomic E-state index is 12.4. The third kappa shape index (κ3) is 2.66. The van der Waals surface area contributed by atoms with Gasteiger partial charge in [0.1, 0.15) is 0 Å². The van der Waals surface area contributed by atoms with Gasteiger partial charge in [0.15, 0.2) is 0 Å². The number of fused-ring (bicyclic) bond motifs is 1. The normalized spacial score (nSPS) is 14.9. The number of nitrogens with zero attached hydrogens (tertiary/aromatic N) is 1. The van der Waals surface area contributed by atoms with Crippen molar-refractivity contribution in [3.05, 3.63) is 33.2 Å². The molecule has 1 aliphatic rings. The summed E-state index contributed by atoms with van der Waals surface area (Å²) in [4.78, 5) is 12.4. The molecule has 0 saturated carbocycles. The summed E-state index contributed by atoms with van der Waals surface area (Å²) in [7, 11) is 0. The first kappa shape index (κ1) is 13.3. The van der Waals surface area contributed by atoms with E-state index in [-0.39, 0.29) is 5.56 Å². The van der Waals surface area contributed by atoms with E-state index in [1.165, 1.54) is 24.1 Å². The van der Waals surface area contributed by atoms with Crippen LogP contribution in [0.15, 0.2) is 10.9 Å². The van der Waals surface area contributed by atoms with Gasteiger partial charge in [0.05, 0.1) is 0 Å². The molecular weight excluding hydrogens is 224 g/mol. The summed E-state index contributed by atoms with van der Waals surface area (Å²) < 4.78 is 1.98. The lowest BCUT2D eigenvalue weighted by atomic mass is 9.94. The average molecular weight is 248 g/mol. The Labute approximate surface area is 109 Å². The Hall–Kier alpha value is -1.09. The number of aryl methyl sites for hydroxylation is 1. The summed E-state index contributed by atoms with van der Waals surface area (Å²) in [5.74, 6) is 0. The molecule has 1 heterocycles. The zero-order valence-electron chi connectivity index (χ0n) is 11.8. The van der Waals surface area contributed by atoms with Gasteiger partial charge in [0.25, 0.3) is 5.56 Å². The molecule has 1 aliphatic carbocycles. The monoisotopic (exact) mass is 248 g/mol. The Kier molecular flexibility index (Phi) is 4.23. The molecule has 0 fully saturated rings. The molecule has 1 aromatic heterocycles. The van der Waals surface area contributed by atoms with Gasteiger partial charge in [-0.1, -0.05) is 13.8 Å². The van der Waals surface area contributed by atoms with E-state index in [2.05, 4.69) is 32.2 Å². The lowest BCUT2D eigenvalue weighted by Gasteiger charge is -2.22. The molecule has 18 heavy (non-hydrogen) atoms. The fourth-order valence-corrected chi connectivity index (χ4v) is 2.72. The van der Waals surface area contributed by atoms with Crippen molar-refractivity contribution in [2.24, 2.45) is 0 Å². The molecule has 0 atom stereocenters. The van der Waals surface area contributed by atoms with Gasteiger partial charge in [-0.25, -0.2) is 0 Å². The van der Waals surface area contributed by atoms with Gasteiger partial charge in [-0.15, -0.1) is 0 Å². The zero-order chi connectivity index (χ0) is 13.1. The minimum Gasteiger partial charge on any atom is -0.312 e. The lowest BCUT2D eigenvalue weighted by Crippen LogP contribution is -2.32. The fourth-order valence-electron chi connectivity index (χ4n) is 2.72. The second-order valence-corrected chi connectivity index (χ2v) is 5.43. The molecule has 3 heteroatoms. The predicted octanol–water partition coefficient (Wildman–Crippen LogP) is 2.25. The van der Waals surface area contributed by atoms with Gasteiger partial charge in [-0.2, -0.15) is 0 Å². The number of pyridine rings is 1. The zero-order valence-corrected chi connectivity index (χ0v) is 11.8. The summed E-state index contributed by atoms with van der Waals surface area (Å²) in [5.41, 5.74) is 3.79. The predicted molar refractivity (Wildman–Crippen MR) is 75.0 cm³/mol. The molecule has 0 aromatic carbocycles. The Balaban J connectivity index is 2.39. The van der Waals surface area contributed by atoms with Gasteiger partial charge in [0, 0.05) is 30.4 Å². The molecular formula is C15H24N2O. The summed E-state index contributed by atoms with van der Waals surface area (Å²) in [5, 5.41) is 3.35. The Morgan fingerprint density at radius 1 is 1.33 bits per heavy atom. The number of aromatic nitrogens is 1. The van der Waals surface area contributed by atoms with E-state index in [4.69, 9.17) is 0 Å². The smallest absolute Gasteiger partial charge is 0.255 e. The largest absolute Gasteiger partial charge is 0.312 e. The van der Waals surface area contributed by atoms with Crippen LogP contribution in [0.3, 0.4) is 0 Å². The topological polar surface area (TPSA) is 34.0 Å². The van der Waals surface area contributed by atoms with Crippen molar-refractivity contribution in [3.8, 4) is 0 Å². The van der Waals surface area contributed by atoms with Gasteiger partial charge in [0.2, 0.25) is 0 Å². The molecule has 0 radical (unpaired) electrons. The van der Waals surface area contributed by atoms with Crippen LogP contribution in [-0.4, -0.2) is 10.6 Å². The highest BCUT2D eigenvalue weighted by atomic mass is 16.1. The molecule has 1 N–H and O–H groups in total. The maximum Gasteiger partial charge on any atom is 0.255 e.